The van der Waals surface area contributed by atoms with E-state index in [1.165, 1.54) is 12.8 Å². The zero-order valence-electron chi connectivity index (χ0n) is 16.0. The molecule has 0 N–H and O–H groups in total. The van der Waals surface area contributed by atoms with Gasteiger partial charge in [-0.25, -0.2) is 9.59 Å². The zero-order valence-corrected chi connectivity index (χ0v) is 16.0. The summed E-state index contributed by atoms with van der Waals surface area (Å²) in [6, 6.07) is 6.68. The van der Waals surface area contributed by atoms with Gasteiger partial charge in [-0.2, -0.15) is 0 Å². The van der Waals surface area contributed by atoms with Crippen LogP contribution in [0.3, 0.4) is 0 Å². The van der Waals surface area contributed by atoms with Crippen LogP contribution in [0, 0.1) is 5.92 Å². The van der Waals surface area contributed by atoms with Crippen molar-refractivity contribution in [1.29, 1.82) is 0 Å². The highest BCUT2D eigenvalue weighted by Gasteiger charge is 2.20. The van der Waals surface area contributed by atoms with Gasteiger partial charge in [-0.1, -0.05) is 58.6 Å². The van der Waals surface area contributed by atoms with Crippen molar-refractivity contribution in [3.8, 4) is 0 Å². The Balaban J connectivity index is 2.60. The first kappa shape index (κ1) is 21.2. The van der Waals surface area contributed by atoms with Crippen LogP contribution in [0.5, 0.6) is 0 Å². The summed E-state index contributed by atoms with van der Waals surface area (Å²) in [5.74, 6) is -0.487. The maximum absolute atomic E-state index is 12.4. The first-order valence-electron chi connectivity index (χ1n) is 9.42. The molecular weight excluding hydrogens is 316 g/mol. The number of hydrogen-bond donors (Lipinski definition) is 0. The second kappa shape index (κ2) is 11.7. The molecular formula is C21H32O4. The van der Waals surface area contributed by atoms with Crippen molar-refractivity contribution in [2.75, 3.05) is 6.61 Å². The summed E-state index contributed by atoms with van der Waals surface area (Å²) in [5.41, 5.74) is 0.548. The van der Waals surface area contributed by atoms with E-state index in [-0.39, 0.29) is 17.2 Å². The third-order valence-corrected chi connectivity index (χ3v) is 3.96. The van der Waals surface area contributed by atoms with E-state index in [1.54, 1.807) is 24.3 Å². The molecule has 0 aliphatic carbocycles. The Morgan fingerprint density at radius 1 is 0.920 bits per heavy atom. The molecule has 4 heteroatoms. The van der Waals surface area contributed by atoms with E-state index in [0.29, 0.717) is 12.5 Å². The lowest BCUT2D eigenvalue weighted by molar-refractivity contribution is 0.0288. The molecule has 0 aromatic heterocycles. The predicted molar refractivity (Wildman–Crippen MR) is 99.8 cm³/mol. The number of carbonyl (C=O) groups excluding carboxylic acids is 2. The molecule has 0 aliphatic heterocycles. The van der Waals surface area contributed by atoms with Crippen LogP contribution in [0.2, 0.25) is 0 Å². The van der Waals surface area contributed by atoms with Crippen molar-refractivity contribution in [1.82, 2.24) is 0 Å². The Bertz CT molecular complexity index is 536. The van der Waals surface area contributed by atoms with E-state index in [9.17, 15) is 9.59 Å². The Hall–Kier alpha value is -1.84. The fourth-order valence-electron chi connectivity index (χ4n) is 2.75. The fourth-order valence-corrected chi connectivity index (χ4v) is 2.75. The summed E-state index contributed by atoms with van der Waals surface area (Å²) in [4.78, 5) is 24.7. The van der Waals surface area contributed by atoms with Crippen LogP contribution in [0.4, 0.5) is 0 Å². The Kier molecular flexibility index (Phi) is 9.90. The van der Waals surface area contributed by atoms with Gasteiger partial charge in [0.1, 0.15) is 0 Å². The summed E-state index contributed by atoms with van der Waals surface area (Å²) < 4.78 is 10.8. The van der Waals surface area contributed by atoms with E-state index in [2.05, 4.69) is 20.8 Å². The van der Waals surface area contributed by atoms with Gasteiger partial charge in [0.05, 0.1) is 23.8 Å². The van der Waals surface area contributed by atoms with Gasteiger partial charge in [0.25, 0.3) is 0 Å². The number of unbranched alkanes of at least 4 members (excludes halogenated alkanes) is 4. The highest BCUT2D eigenvalue weighted by atomic mass is 16.5. The number of benzene rings is 1. The zero-order chi connectivity index (χ0) is 18.7. The molecule has 0 aliphatic rings. The number of rotatable bonds is 11. The third kappa shape index (κ3) is 8.19. The molecule has 0 spiro atoms. The second-order valence-corrected chi connectivity index (χ2v) is 6.94. The highest BCUT2D eigenvalue weighted by molar-refractivity contribution is 6.03. The second-order valence-electron chi connectivity index (χ2n) is 6.94. The summed E-state index contributed by atoms with van der Waals surface area (Å²) in [7, 11) is 0. The van der Waals surface area contributed by atoms with Crippen LogP contribution in [0.25, 0.3) is 0 Å². The molecule has 1 unspecified atom stereocenters. The minimum atomic E-state index is -0.469. The lowest BCUT2D eigenvalue weighted by atomic mass is 10.1. The molecule has 0 saturated heterocycles. The molecule has 1 rings (SSSR count). The minimum absolute atomic E-state index is 0.185. The van der Waals surface area contributed by atoms with Gasteiger partial charge in [-0.05, 0) is 37.8 Å². The summed E-state index contributed by atoms with van der Waals surface area (Å²) in [5, 5.41) is 0. The van der Waals surface area contributed by atoms with Gasteiger partial charge in [0, 0.05) is 0 Å². The predicted octanol–water partition coefficient (Wildman–Crippen LogP) is 5.41. The van der Waals surface area contributed by atoms with Crippen molar-refractivity contribution < 1.29 is 19.1 Å². The standard InChI is InChI=1S/C21H32O4/c1-5-6-7-8-11-14-24-20(22)18-12-9-10-13-19(18)21(23)25-17(4)15-16(2)3/h9-10,12-13,16-17H,5-8,11,14-15H2,1-4H3. The van der Waals surface area contributed by atoms with E-state index in [0.717, 1.165) is 25.7 Å². The largest absolute Gasteiger partial charge is 0.462 e. The molecule has 1 aromatic carbocycles. The third-order valence-electron chi connectivity index (χ3n) is 3.96. The lowest BCUT2D eigenvalue weighted by Gasteiger charge is -2.16. The molecule has 0 amide bonds. The maximum Gasteiger partial charge on any atom is 0.339 e. The van der Waals surface area contributed by atoms with Crippen LogP contribution in [0.1, 0.15) is 86.9 Å². The van der Waals surface area contributed by atoms with Crippen molar-refractivity contribution in [3.05, 3.63) is 35.4 Å². The Labute approximate surface area is 151 Å². The van der Waals surface area contributed by atoms with E-state index in [1.807, 2.05) is 6.92 Å². The summed E-state index contributed by atoms with van der Waals surface area (Å²) in [6.07, 6.45) is 6.05. The first-order valence-corrected chi connectivity index (χ1v) is 9.42. The van der Waals surface area contributed by atoms with Gasteiger partial charge in [0.15, 0.2) is 0 Å². The molecule has 1 atom stereocenters. The van der Waals surface area contributed by atoms with Crippen LogP contribution < -0.4 is 0 Å². The van der Waals surface area contributed by atoms with E-state index in [4.69, 9.17) is 9.47 Å². The van der Waals surface area contributed by atoms with Gasteiger partial charge in [0.2, 0.25) is 0 Å². The molecule has 140 valence electrons. The molecule has 0 radical (unpaired) electrons. The van der Waals surface area contributed by atoms with Crippen LogP contribution in [-0.4, -0.2) is 24.6 Å². The quantitative estimate of drug-likeness (QED) is 0.396. The number of carbonyl (C=O) groups is 2. The average molecular weight is 348 g/mol. The molecule has 1 aromatic rings. The van der Waals surface area contributed by atoms with E-state index >= 15 is 0 Å². The minimum Gasteiger partial charge on any atom is -0.462 e. The summed E-state index contributed by atoms with van der Waals surface area (Å²) in [6.45, 7) is 8.58. The molecule has 25 heavy (non-hydrogen) atoms. The molecule has 0 saturated carbocycles. The normalized spacial score (nSPS) is 12.0. The van der Waals surface area contributed by atoms with Gasteiger partial charge < -0.3 is 9.47 Å². The van der Waals surface area contributed by atoms with E-state index < -0.39 is 11.9 Å². The number of esters is 2. The monoisotopic (exact) mass is 348 g/mol. The molecule has 0 bridgehead atoms. The molecule has 0 fully saturated rings. The van der Waals surface area contributed by atoms with Crippen LogP contribution in [-0.2, 0) is 9.47 Å². The van der Waals surface area contributed by atoms with Gasteiger partial charge >= 0.3 is 11.9 Å². The first-order chi connectivity index (χ1) is 12.0. The smallest absolute Gasteiger partial charge is 0.339 e. The molecule has 4 nitrogen and oxygen atoms in total. The van der Waals surface area contributed by atoms with Crippen LogP contribution in [0.15, 0.2) is 24.3 Å². The van der Waals surface area contributed by atoms with Crippen LogP contribution >= 0.6 is 0 Å². The Morgan fingerprint density at radius 3 is 2.12 bits per heavy atom. The van der Waals surface area contributed by atoms with Gasteiger partial charge in [-0.15, -0.1) is 0 Å². The average Bonchev–Trinajstić information content (AvgIpc) is 2.57. The van der Waals surface area contributed by atoms with Gasteiger partial charge in [-0.3, -0.25) is 0 Å². The highest BCUT2D eigenvalue weighted by Crippen LogP contribution is 2.16. The van der Waals surface area contributed by atoms with Crippen molar-refractivity contribution in [2.24, 2.45) is 5.92 Å². The SMILES string of the molecule is CCCCCCCOC(=O)c1ccccc1C(=O)OC(C)CC(C)C. The molecule has 0 heterocycles. The maximum atomic E-state index is 12.4. The Morgan fingerprint density at radius 2 is 1.52 bits per heavy atom. The number of hydrogen-bond acceptors (Lipinski definition) is 4. The van der Waals surface area contributed by atoms with Crippen molar-refractivity contribution in [2.45, 2.75) is 72.3 Å². The fraction of sp³-hybridized carbons (Fsp3) is 0.619. The number of ether oxygens (including phenoxy) is 2. The van der Waals surface area contributed by atoms with Crippen molar-refractivity contribution in [3.63, 3.8) is 0 Å². The summed E-state index contributed by atoms with van der Waals surface area (Å²) >= 11 is 0. The lowest BCUT2D eigenvalue weighted by Crippen LogP contribution is -2.20. The van der Waals surface area contributed by atoms with Crippen molar-refractivity contribution >= 4 is 11.9 Å². The topological polar surface area (TPSA) is 52.6 Å².